The lowest BCUT2D eigenvalue weighted by Crippen LogP contribution is -2.04. The van der Waals surface area contributed by atoms with Gasteiger partial charge in [0.1, 0.15) is 0 Å². The third-order valence-corrected chi connectivity index (χ3v) is 3.01. The Balaban J connectivity index is 1.80. The van der Waals surface area contributed by atoms with Gasteiger partial charge in [0, 0.05) is 23.8 Å². The summed E-state index contributed by atoms with van der Waals surface area (Å²) >= 11 is 0. The quantitative estimate of drug-likeness (QED) is 0.787. The van der Waals surface area contributed by atoms with Crippen molar-refractivity contribution in [1.29, 1.82) is 0 Å². The molecule has 0 bridgehead atoms. The molecule has 0 fully saturated rings. The molecule has 0 aliphatic heterocycles. The summed E-state index contributed by atoms with van der Waals surface area (Å²) in [6.45, 7) is 4.81. The highest BCUT2D eigenvalue weighted by Crippen LogP contribution is 2.19. The second kappa shape index (κ2) is 5.24. The predicted molar refractivity (Wildman–Crippen MR) is 77.3 cm³/mol. The average Bonchev–Trinajstić information content (AvgIpc) is 2.89. The zero-order valence-corrected chi connectivity index (χ0v) is 11.5. The highest BCUT2D eigenvalue weighted by molar-refractivity contribution is 5.78. The van der Waals surface area contributed by atoms with Gasteiger partial charge in [-0.3, -0.25) is 9.97 Å². The number of nitrogens with one attached hydrogen (secondary N) is 1. The van der Waals surface area contributed by atoms with E-state index in [0.717, 1.165) is 22.4 Å². The Bertz CT molecular complexity index is 704. The average molecular weight is 268 g/mol. The van der Waals surface area contributed by atoms with Crippen molar-refractivity contribution in [1.82, 2.24) is 24.7 Å². The maximum absolute atomic E-state index is 4.48. The molecule has 3 heterocycles. The molecule has 0 aliphatic carbocycles. The first-order valence-corrected chi connectivity index (χ1v) is 6.56. The summed E-state index contributed by atoms with van der Waals surface area (Å²) in [6.07, 6.45) is 8.76. The highest BCUT2D eigenvalue weighted by Gasteiger charge is 2.07. The molecule has 0 saturated carbocycles. The van der Waals surface area contributed by atoms with E-state index in [4.69, 9.17) is 0 Å². The minimum absolute atomic E-state index is 0.304. The molecule has 3 rings (SSSR count). The van der Waals surface area contributed by atoms with E-state index in [-0.39, 0.29) is 0 Å². The zero-order chi connectivity index (χ0) is 13.9. The van der Waals surface area contributed by atoms with Crippen LogP contribution in [0.3, 0.4) is 0 Å². The summed E-state index contributed by atoms with van der Waals surface area (Å²) in [4.78, 5) is 12.7. The van der Waals surface area contributed by atoms with Gasteiger partial charge in [0.15, 0.2) is 5.65 Å². The van der Waals surface area contributed by atoms with Crippen molar-refractivity contribution in [3.8, 4) is 0 Å². The van der Waals surface area contributed by atoms with Crippen LogP contribution in [-0.4, -0.2) is 24.7 Å². The van der Waals surface area contributed by atoms with Crippen LogP contribution in [0.2, 0.25) is 0 Å². The van der Waals surface area contributed by atoms with Crippen molar-refractivity contribution in [2.75, 3.05) is 5.32 Å². The molecule has 0 amide bonds. The van der Waals surface area contributed by atoms with Crippen molar-refractivity contribution < 1.29 is 0 Å². The molecule has 0 unspecified atom stereocenters. The Labute approximate surface area is 116 Å². The molecule has 1 N–H and O–H groups in total. The van der Waals surface area contributed by atoms with Gasteiger partial charge in [-0.05, 0) is 19.9 Å². The topological polar surface area (TPSA) is 68.5 Å². The molecule has 0 saturated heterocycles. The van der Waals surface area contributed by atoms with E-state index < -0.39 is 0 Å². The van der Waals surface area contributed by atoms with Crippen LogP contribution in [0.25, 0.3) is 11.0 Å². The Kier molecular flexibility index (Phi) is 3.28. The smallest absolute Gasteiger partial charge is 0.158 e. The molecular weight excluding hydrogens is 252 g/mol. The normalized spacial score (nSPS) is 11.2. The molecule has 102 valence electrons. The molecule has 6 nitrogen and oxygen atoms in total. The van der Waals surface area contributed by atoms with Crippen molar-refractivity contribution >= 4 is 16.7 Å². The largest absolute Gasteiger partial charge is 0.378 e. The van der Waals surface area contributed by atoms with Crippen LogP contribution in [0.15, 0.2) is 37.1 Å². The number of pyridine rings is 1. The van der Waals surface area contributed by atoms with Crippen LogP contribution in [0.4, 0.5) is 5.69 Å². The van der Waals surface area contributed by atoms with Gasteiger partial charge >= 0.3 is 0 Å². The van der Waals surface area contributed by atoms with Crippen LogP contribution in [-0.2, 0) is 6.54 Å². The fourth-order valence-electron chi connectivity index (χ4n) is 2.03. The van der Waals surface area contributed by atoms with Gasteiger partial charge in [0.05, 0.1) is 36.5 Å². The molecule has 0 aliphatic rings. The number of rotatable bonds is 4. The SMILES string of the molecule is CC(C)n1ncc2cc(NCc3cnccn3)cnc21. The first kappa shape index (κ1) is 12.5. The van der Waals surface area contributed by atoms with Gasteiger partial charge in [0.25, 0.3) is 0 Å². The number of nitrogens with zero attached hydrogens (tertiary/aromatic N) is 5. The molecule has 0 atom stereocenters. The van der Waals surface area contributed by atoms with Crippen molar-refractivity contribution in [2.24, 2.45) is 0 Å². The Morgan fingerprint density at radius 1 is 1.15 bits per heavy atom. The molecule has 0 radical (unpaired) electrons. The monoisotopic (exact) mass is 268 g/mol. The molecule has 3 aromatic heterocycles. The lowest BCUT2D eigenvalue weighted by molar-refractivity contribution is 0.546. The molecule has 0 spiro atoms. The number of hydrogen-bond acceptors (Lipinski definition) is 5. The van der Waals surface area contributed by atoms with Crippen LogP contribution in [0, 0.1) is 0 Å². The van der Waals surface area contributed by atoms with E-state index in [2.05, 4.69) is 39.2 Å². The zero-order valence-electron chi connectivity index (χ0n) is 11.5. The first-order valence-electron chi connectivity index (χ1n) is 6.56. The highest BCUT2D eigenvalue weighted by atomic mass is 15.3. The maximum atomic E-state index is 4.48. The Hall–Kier alpha value is -2.50. The van der Waals surface area contributed by atoms with Crippen LogP contribution in [0.5, 0.6) is 0 Å². The van der Waals surface area contributed by atoms with E-state index in [1.54, 1.807) is 18.6 Å². The van der Waals surface area contributed by atoms with E-state index in [9.17, 15) is 0 Å². The van der Waals surface area contributed by atoms with E-state index in [1.807, 2.05) is 23.1 Å². The van der Waals surface area contributed by atoms with Gasteiger partial charge in [-0.2, -0.15) is 5.10 Å². The van der Waals surface area contributed by atoms with E-state index in [0.29, 0.717) is 12.6 Å². The number of hydrogen-bond donors (Lipinski definition) is 1. The first-order chi connectivity index (χ1) is 9.74. The summed E-state index contributed by atoms with van der Waals surface area (Å²) in [5.74, 6) is 0. The second-order valence-electron chi connectivity index (χ2n) is 4.87. The summed E-state index contributed by atoms with van der Waals surface area (Å²) in [5.41, 5.74) is 2.75. The third-order valence-electron chi connectivity index (χ3n) is 3.01. The molecular formula is C14H16N6. The minimum Gasteiger partial charge on any atom is -0.378 e. The summed E-state index contributed by atoms with van der Waals surface area (Å²) < 4.78 is 1.92. The number of aromatic nitrogens is 5. The summed E-state index contributed by atoms with van der Waals surface area (Å²) in [5, 5.41) is 8.68. The standard InChI is InChI=1S/C14H16N6/c1-10(2)20-14-11(6-19-20)5-12(8-18-14)17-9-13-7-15-3-4-16-13/h3-8,10,17H,9H2,1-2H3. The lowest BCUT2D eigenvalue weighted by atomic mass is 10.3. The van der Waals surface area contributed by atoms with E-state index in [1.165, 1.54) is 0 Å². The Morgan fingerprint density at radius 3 is 2.80 bits per heavy atom. The minimum atomic E-state index is 0.304. The van der Waals surface area contributed by atoms with Gasteiger partial charge in [-0.25, -0.2) is 9.67 Å². The van der Waals surface area contributed by atoms with Crippen LogP contribution < -0.4 is 5.32 Å². The Morgan fingerprint density at radius 2 is 2.05 bits per heavy atom. The van der Waals surface area contributed by atoms with Crippen molar-refractivity contribution in [3.63, 3.8) is 0 Å². The lowest BCUT2D eigenvalue weighted by Gasteiger charge is -2.07. The third kappa shape index (κ3) is 2.45. The maximum Gasteiger partial charge on any atom is 0.158 e. The molecule has 6 heteroatoms. The fraction of sp³-hybridized carbons (Fsp3) is 0.286. The van der Waals surface area contributed by atoms with Crippen molar-refractivity contribution in [3.05, 3.63) is 42.7 Å². The predicted octanol–water partition coefficient (Wildman–Crippen LogP) is 2.41. The van der Waals surface area contributed by atoms with E-state index >= 15 is 0 Å². The van der Waals surface area contributed by atoms with Gasteiger partial charge in [0.2, 0.25) is 0 Å². The summed E-state index contributed by atoms with van der Waals surface area (Å²) in [6, 6.07) is 2.35. The van der Waals surface area contributed by atoms with Crippen molar-refractivity contribution in [2.45, 2.75) is 26.4 Å². The van der Waals surface area contributed by atoms with Gasteiger partial charge < -0.3 is 5.32 Å². The number of anilines is 1. The van der Waals surface area contributed by atoms with Crippen LogP contribution >= 0.6 is 0 Å². The second-order valence-corrected chi connectivity index (χ2v) is 4.87. The van der Waals surface area contributed by atoms with Gasteiger partial charge in [-0.1, -0.05) is 0 Å². The molecule has 0 aromatic carbocycles. The van der Waals surface area contributed by atoms with Gasteiger partial charge in [-0.15, -0.1) is 0 Å². The fourth-order valence-corrected chi connectivity index (χ4v) is 2.03. The summed E-state index contributed by atoms with van der Waals surface area (Å²) in [7, 11) is 0. The van der Waals surface area contributed by atoms with Crippen LogP contribution in [0.1, 0.15) is 25.6 Å². The molecule has 3 aromatic rings. The number of fused-ring (bicyclic) bond motifs is 1. The molecule has 20 heavy (non-hydrogen) atoms.